The van der Waals surface area contributed by atoms with Crippen molar-refractivity contribution in [3.05, 3.63) is 0 Å². The summed E-state index contributed by atoms with van der Waals surface area (Å²) in [7, 11) is -2.42. The molecule has 0 aromatic heterocycles. The van der Waals surface area contributed by atoms with Crippen LogP contribution in [0.4, 0.5) is 0 Å². The Balaban J connectivity index is 3.42. The maximum Gasteiger partial charge on any atom is 0.500 e. The first-order valence-corrected chi connectivity index (χ1v) is 20.5. The van der Waals surface area contributed by atoms with E-state index in [1.165, 1.54) is 89.9 Å². The Hall–Kier alpha value is 1.18. The van der Waals surface area contributed by atoms with E-state index >= 15 is 0 Å². The summed E-state index contributed by atoms with van der Waals surface area (Å²) in [5, 5.41) is 0. The fourth-order valence-corrected chi connectivity index (χ4v) is 8.68. The number of halogens is 3. The molecule has 0 radical (unpaired) electrons. The molecule has 0 aromatic rings. The van der Waals surface area contributed by atoms with Gasteiger partial charge in [0, 0.05) is 25.9 Å². The number of unbranched alkanes of at least 4 members (excludes halogenated alkanes) is 15. The highest BCUT2D eigenvalue weighted by Crippen LogP contribution is 2.27. The molecule has 0 aliphatic rings. The lowest BCUT2D eigenvalue weighted by atomic mass is 10.0. The third kappa shape index (κ3) is 21.7. The normalized spacial score (nSPS) is 12.6. The van der Waals surface area contributed by atoms with E-state index in [1.807, 2.05) is 20.8 Å². The molecule has 0 bridgehead atoms. The van der Waals surface area contributed by atoms with Crippen LogP contribution in [0.3, 0.4) is 0 Å². The Labute approximate surface area is 216 Å². The van der Waals surface area contributed by atoms with Crippen molar-refractivity contribution < 1.29 is 13.3 Å². The first kappa shape index (κ1) is 33.2. The lowest BCUT2D eigenvalue weighted by molar-refractivity contribution is 0.0706. The van der Waals surface area contributed by atoms with Gasteiger partial charge in [-0.1, -0.05) is 96.3 Å². The molecule has 194 valence electrons. The Bertz CT molecular complexity index is 382. The second-order valence-electron chi connectivity index (χ2n) is 8.75. The van der Waals surface area contributed by atoms with Crippen molar-refractivity contribution in [2.75, 3.05) is 19.8 Å². The summed E-state index contributed by atoms with van der Waals surface area (Å²) in [4.78, 5) is 0. The van der Waals surface area contributed by atoms with E-state index in [-0.39, 0.29) is 0 Å². The minimum Gasteiger partial charge on any atom is -0.374 e. The Morgan fingerprint density at radius 2 is 0.656 bits per heavy atom. The van der Waals surface area contributed by atoms with E-state index in [0.29, 0.717) is 19.8 Å². The van der Waals surface area contributed by atoms with Gasteiger partial charge in [-0.15, -0.1) is 33.2 Å². The summed E-state index contributed by atoms with van der Waals surface area (Å²) in [6.07, 6.45) is 21.1. The van der Waals surface area contributed by atoms with Gasteiger partial charge in [-0.3, -0.25) is 0 Å². The van der Waals surface area contributed by atoms with Crippen LogP contribution in [0.15, 0.2) is 0 Å². The van der Waals surface area contributed by atoms with Crippen LogP contribution in [-0.4, -0.2) is 34.6 Å². The van der Waals surface area contributed by atoms with Gasteiger partial charge >= 0.3 is 14.8 Å². The zero-order valence-electron chi connectivity index (χ0n) is 21.2. The zero-order valence-corrected chi connectivity index (χ0v) is 25.5. The molecular formula is C24H51Cl3O3Si2. The van der Waals surface area contributed by atoms with Gasteiger partial charge in [0.2, 0.25) is 0 Å². The number of hydrogen-bond donors (Lipinski definition) is 0. The van der Waals surface area contributed by atoms with Crippen molar-refractivity contribution >= 4 is 48.0 Å². The Kier molecular flexibility index (Phi) is 23.5. The standard InChI is InChI=1S/C24H51Cl3O3Si2/c1-4-28-32(29-5-2,30-6-3)24-22-20-18-16-14-12-10-8-7-9-11-13-15-17-19-21-23-31(25,26)27/h4-24H2,1-3H3. The lowest BCUT2D eigenvalue weighted by Gasteiger charge is -2.28. The molecule has 0 saturated heterocycles. The zero-order chi connectivity index (χ0) is 24.0. The molecule has 3 nitrogen and oxygen atoms in total. The molecule has 0 aromatic carbocycles. The molecule has 0 unspecified atom stereocenters. The van der Waals surface area contributed by atoms with E-state index in [1.54, 1.807) is 0 Å². The van der Waals surface area contributed by atoms with Crippen molar-refractivity contribution in [1.29, 1.82) is 0 Å². The molecule has 0 amide bonds. The average molecular weight is 550 g/mol. The van der Waals surface area contributed by atoms with Gasteiger partial charge in [0.1, 0.15) is 0 Å². The molecule has 0 aliphatic carbocycles. The van der Waals surface area contributed by atoms with Crippen LogP contribution in [0, 0.1) is 0 Å². The summed E-state index contributed by atoms with van der Waals surface area (Å²) >= 11 is 17.7. The van der Waals surface area contributed by atoms with Gasteiger partial charge in [-0.05, 0) is 33.2 Å². The highest BCUT2D eigenvalue weighted by Gasteiger charge is 2.39. The van der Waals surface area contributed by atoms with Crippen molar-refractivity contribution in [3.63, 3.8) is 0 Å². The van der Waals surface area contributed by atoms with Crippen LogP contribution in [0.5, 0.6) is 0 Å². The third-order valence-corrected chi connectivity index (χ3v) is 11.6. The van der Waals surface area contributed by atoms with Crippen molar-refractivity contribution in [2.45, 2.75) is 136 Å². The van der Waals surface area contributed by atoms with Gasteiger partial charge in [-0.2, -0.15) is 0 Å². The van der Waals surface area contributed by atoms with Crippen LogP contribution in [-0.2, 0) is 13.3 Å². The molecule has 0 heterocycles. The van der Waals surface area contributed by atoms with Crippen LogP contribution in [0.25, 0.3) is 0 Å². The number of hydrogen-bond acceptors (Lipinski definition) is 3. The van der Waals surface area contributed by atoms with Crippen LogP contribution in [0.2, 0.25) is 12.1 Å². The predicted molar refractivity (Wildman–Crippen MR) is 147 cm³/mol. The molecule has 32 heavy (non-hydrogen) atoms. The SMILES string of the molecule is CCO[Si](CCCCCCCCCCCCCCCCCC[Si](Cl)(Cl)Cl)(OCC)OCC. The monoisotopic (exact) mass is 548 g/mol. The van der Waals surface area contributed by atoms with Crippen molar-refractivity contribution in [1.82, 2.24) is 0 Å². The molecule has 0 atom stereocenters. The van der Waals surface area contributed by atoms with E-state index in [0.717, 1.165) is 24.9 Å². The predicted octanol–water partition coefficient (Wildman–Crippen LogP) is 9.93. The van der Waals surface area contributed by atoms with Gasteiger partial charge in [0.15, 0.2) is 0 Å². The van der Waals surface area contributed by atoms with Crippen molar-refractivity contribution in [2.24, 2.45) is 0 Å². The van der Waals surface area contributed by atoms with E-state index in [4.69, 9.17) is 46.5 Å². The van der Waals surface area contributed by atoms with E-state index < -0.39 is 14.8 Å². The molecular weight excluding hydrogens is 499 g/mol. The highest BCUT2D eigenvalue weighted by molar-refractivity contribution is 7.64. The fraction of sp³-hybridized carbons (Fsp3) is 1.00. The largest absolute Gasteiger partial charge is 0.500 e. The molecule has 0 spiro atoms. The van der Waals surface area contributed by atoms with E-state index in [9.17, 15) is 0 Å². The maximum absolute atomic E-state index is 5.93. The molecule has 0 aliphatic heterocycles. The highest BCUT2D eigenvalue weighted by atomic mass is 35.8. The second kappa shape index (κ2) is 22.6. The Morgan fingerprint density at radius 3 is 0.906 bits per heavy atom. The summed E-state index contributed by atoms with van der Waals surface area (Å²) in [6.45, 7) is 8.10. The Morgan fingerprint density at radius 1 is 0.406 bits per heavy atom. The summed E-state index contributed by atoms with van der Waals surface area (Å²) in [5.41, 5.74) is 0. The van der Waals surface area contributed by atoms with Gasteiger partial charge in [-0.25, -0.2) is 0 Å². The van der Waals surface area contributed by atoms with E-state index in [2.05, 4.69) is 0 Å². The lowest BCUT2D eigenvalue weighted by Crippen LogP contribution is -2.45. The second-order valence-corrected chi connectivity index (χ2v) is 20.8. The molecule has 0 fully saturated rings. The van der Waals surface area contributed by atoms with Gasteiger partial charge in [0.25, 0.3) is 0 Å². The minimum absolute atomic E-state index is 0.674. The first-order chi connectivity index (χ1) is 15.4. The van der Waals surface area contributed by atoms with Crippen LogP contribution >= 0.6 is 33.2 Å². The van der Waals surface area contributed by atoms with Gasteiger partial charge < -0.3 is 13.3 Å². The van der Waals surface area contributed by atoms with Gasteiger partial charge in [0.05, 0.1) is 0 Å². The minimum atomic E-state index is -2.42. The molecule has 8 heteroatoms. The first-order valence-electron chi connectivity index (χ1n) is 13.4. The van der Waals surface area contributed by atoms with Crippen LogP contribution in [0.1, 0.15) is 124 Å². The third-order valence-electron chi connectivity index (χ3n) is 5.79. The summed E-state index contributed by atoms with van der Waals surface area (Å²) < 4.78 is 17.8. The smallest absolute Gasteiger partial charge is 0.374 e. The average Bonchev–Trinajstić information content (AvgIpc) is 2.72. The van der Waals surface area contributed by atoms with Crippen molar-refractivity contribution in [3.8, 4) is 0 Å². The van der Waals surface area contributed by atoms with Crippen LogP contribution < -0.4 is 0 Å². The summed E-state index contributed by atoms with van der Waals surface area (Å²) in [6, 6.07) is -0.605. The molecule has 0 N–H and O–H groups in total. The fourth-order valence-electron chi connectivity index (χ4n) is 4.14. The molecule has 0 rings (SSSR count). The molecule has 0 saturated carbocycles. The topological polar surface area (TPSA) is 27.7 Å². The quantitative estimate of drug-likeness (QED) is 0.0644. The summed E-state index contributed by atoms with van der Waals surface area (Å²) in [5.74, 6) is 0. The number of rotatable bonds is 25. The maximum atomic E-state index is 5.93.